The number of carbonyl (C=O) groups is 1. The molecule has 1 aliphatic carbocycles. The van der Waals surface area contributed by atoms with Crippen molar-refractivity contribution in [1.82, 2.24) is 15.1 Å². The van der Waals surface area contributed by atoms with Gasteiger partial charge in [-0.15, -0.1) is 0 Å². The van der Waals surface area contributed by atoms with Gasteiger partial charge in [-0.3, -0.25) is 9.48 Å². The second-order valence-electron chi connectivity index (χ2n) is 5.61. The Bertz CT molecular complexity index is 433. The summed E-state index contributed by atoms with van der Waals surface area (Å²) in [5, 5.41) is 7.04. The molecule has 1 saturated carbocycles. The van der Waals surface area contributed by atoms with Gasteiger partial charge in [0.2, 0.25) is 0 Å². The van der Waals surface area contributed by atoms with Gasteiger partial charge in [0.05, 0.1) is 5.69 Å². The lowest BCUT2D eigenvalue weighted by atomic mass is 9.81. The number of nitrogens with two attached hydrogens (primary N) is 1. The molecule has 0 aliphatic heterocycles. The van der Waals surface area contributed by atoms with Gasteiger partial charge in [-0.1, -0.05) is 26.2 Å². The topological polar surface area (TPSA) is 72.9 Å². The summed E-state index contributed by atoms with van der Waals surface area (Å²) in [5.74, 6) is 1.34. The smallest absolute Gasteiger partial charge is 0.273 e. The molecule has 0 aromatic carbocycles. The van der Waals surface area contributed by atoms with Crippen LogP contribution in [-0.2, 0) is 7.05 Å². The molecule has 0 bridgehead atoms. The second kappa shape index (κ2) is 6.08. The molecular formula is C14H24N4O. The van der Waals surface area contributed by atoms with Crippen molar-refractivity contribution in [2.45, 2.75) is 39.0 Å². The maximum absolute atomic E-state index is 12.0. The molecule has 1 aromatic rings. The van der Waals surface area contributed by atoms with E-state index in [0.717, 1.165) is 12.5 Å². The zero-order valence-electron chi connectivity index (χ0n) is 11.9. The number of aromatic nitrogens is 2. The minimum absolute atomic E-state index is 0.157. The first-order chi connectivity index (χ1) is 9.10. The highest BCUT2D eigenvalue weighted by atomic mass is 16.2. The summed E-state index contributed by atoms with van der Waals surface area (Å²) in [6.07, 6.45) is 7.96. The Labute approximate surface area is 114 Å². The van der Waals surface area contributed by atoms with E-state index < -0.39 is 0 Å². The van der Waals surface area contributed by atoms with Crippen LogP contribution < -0.4 is 11.1 Å². The first-order valence-corrected chi connectivity index (χ1v) is 7.17. The van der Waals surface area contributed by atoms with Crippen LogP contribution in [0.5, 0.6) is 0 Å². The fraction of sp³-hybridized carbons (Fsp3) is 0.714. The zero-order chi connectivity index (χ0) is 13.8. The Morgan fingerprint density at radius 1 is 1.42 bits per heavy atom. The molecule has 1 aliphatic rings. The van der Waals surface area contributed by atoms with Crippen LogP contribution in [0.4, 0.5) is 5.69 Å². The number of anilines is 1. The van der Waals surface area contributed by atoms with Crippen LogP contribution in [0.15, 0.2) is 6.20 Å². The van der Waals surface area contributed by atoms with E-state index in [1.54, 1.807) is 17.9 Å². The lowest BCUT2D eigenvalue weighted by molar-refractivity contribution is 0.0936. The van der Waals surface area contributed by atoms with Crippen molar-refractivity contribution in [2.75, 3.05) is 12.3 Å². The predicted molar refractivity (Wildman–Crippen MR) is 75.7 cm³/mol. The summed E-state index contributed by atoms with van der Waals surface area (Å²) in [5.41, 5.74) is 6.52. The van der Waals surface area contributed by atoms with E-state index in [2.05, 4.69) is 17.3 Å². The molecule has 106 valence electrons. The van der Waals surface area contributed by atoms with Gasteiger partial charge in [0.25, 0.3) is 5.91 Å². The predicted octanol–water partition coefficient (Wildman–Crippen LogP) is 1.95. The van der Waals surface area contributed by atoms with Crippen molar-refractivity contribution in [3.8, 4) is 0 Å². The molecule has 0 atom stereocenters. The van der Waals surface area contributed by atoms with E-state index in [1.165, 1.54) is 32.1 Å². The van der Waals surface area contributed by atoms with E-state index in [-0.39, 0.29) is 5.91 Å². The molecule has 0 radical (unpaired) electrons. The van der Waals surface area contributed by atoms with Gasteiger partial charge in [-0.25, -0.2) is 0 Å². The number of nitrogen functional groups attached to an aromatic ring is 1. The van der Waals surface area contributed by atoms with Crippen molar-refractivity contribution in [3.63, 3.8) is 0 Å². The second-order valence-corrected chi connectivity index (χ2v) is 5.61. The number of nitrogens with one attached hydrogen (secondary N) is 1. The van der Waals surface area contributed by atoms with E-state index in [4.69, 9.17) is 5.73 Å². The summed E-state index contributed by atoms with van der Waals surface area (Å²) in [4.78, 5) is 12.0. The fourth-order valence-corrected chi connectivity index (χ4v) is 2.85. The normalized spacial score (nSPS) is 23.3. The first-order valence-electron chi connectivity index (χ1n) is 7.17. The van der Waals surface area contributed by atoms with Gasteiger partial charge in [0.1, 0.15) is 0 Å². The lowest BCUT2D eigenvalue weighted by Crippen LogP contribution is -2.32. The highest BCUT2D eigenvalue weighted by Crippen LogP contribution is 2.30. The van der Waals surface area contributed by atoms with Crippen LogP contribution in [-0.4, -0.2) is 22.2 Å². The van der Waals surface area contributed by atoms with Crippen LogP contribution in [0.2, 0.25) is 0 Å². The molecule has 5 nitrogen and oxygen atoms in total. The van der Waals surface area contributed by atoms with Gasteiger partial charge in [0.15, 0.2) is 5.69 Å². The summed E-state index contributed by atoms with van der Waals surface area (Å²) in [7, 11) is 1.76. The monoisotopic (exact) mass is 264 g/mol. The molecule has 0 saturated heterocycles. The number of amides is 1. The molecule has 3 N–H and O–H groups in total. The quantitative estimate of drug-likeness (QED) is 0.873. The Morgan fingerprint density at radius 3 is 2.58 bits per heavy atom. The summed E-state index contributed by atoms with van der Waals surface area (Å²) in [6.45, 7) is 3.00. The van der Waals surface area contributed by atoms with E-state index >= 15 is 0 Å². The molecule has 0 spiro atoms. The third-order valence-electron chi connectivity index (χ3n) is 4.17. The van der Waals surface area contributed by atoms with Crippen molar-refractivity contribution in [3.05, 3.63) is 11.9 Å². The number of hydrogen-bond acceptors (Lipinski definition) is 3. The number of nitrogens with zero attached hydrogens (tertiary/aromatic N) is 2. The highest BCUT2D eigenvalue weighted by Gasteiger charge is 2.21. The summed E-state index contributed by atoms with van der Waals surface area (Å²) < 4.78 is 1.57. The van der Waals surface area contributed by atoms with Crippen LogP contribution in [0.1, 0.15) is 49.5 Å². The maximum atomic E-state index is 12.0. The lowest BCUT2D eigenvalue weighted by Gasteiger charge is -2.27. The van der Waals surface area contributed by atoms with Crippen molar-refractivity contribution in [2.24, 2.45) is 18.9 Å². The SMILES string of the molecule is CCC1CCC(CNC(=O)c2nn(C)cc2N)CC1. The van der Waals surface area contributed by atoms with Crippen molar-refractivity contribution < 1.29 is 4.79 Å². The Kier molecular flexibility index (Phi) is 4.45. The van der Waals surface area contributed by atoms with Crippen molar-refractivity contribution in [1.29, 1.82) is 0 Å². The van der Waals surface area contributed by atoms with E-state index in [0.29, 0.717) is 17.3 Å². The number of carbonyl (C=O) groups excluding carboxylic acids is 1. The summed E-state index contributed by atoms with van der Waals surface area (Å²) >= 11 is 0. The van der Waals surface area contributed by atoms with Gasteiger partial charge in [-0.05, 0) is 24.7 Å². The minimum atomic E-state index is -0.157. The fourth-order valence-electron chi connectivity index (χ4n) is 2.85. The molecule has 19 heavy (non-hydrogen) atoms. The Morgan fingerprint density at radius 2 is 2.05 bits per heavy atom. The summed E-state index contributed by atoms with van der Waals surface area (Å²) in [6, 6.07) is 0. The molecular weight excluding hydrogens is 240 g/mol. The van der Waals surface area contributed by atoms with Crippen LogP contribution in [0.25, 0.3) is 0 Å². The standard InChI is InChI=1S/C14H24N4O/c1-3-10-4-6-11(7-5-10)8-16-14(19)13-12(15)9-18(2)17-13/h9-11H,3-8,15H2,1-2H3,(H,16,19). The van der Waals surface area contributed by atoms with Gasteiger partial charge >= 0.3 is 0 Å². The van der Waals surface area contributed by atoms with Gasteiger partial charge in [-0.2, -0.15) is 5.10 Å². The van der Waals surface area contributed by atoms with Crippen molar-refractivity contribution >= 4 is 11.6 Å². The molecule has 1 heterocycles. The van der Waals surface area contributed by atoms with Crippen LogP contribution in [0.3, 0.4) is 0 Å². The molecule has 1 fully saturated rings. The van der Waals surface area contributed by atoms with Crippen LogP contribution in [0, 0.1) is 11.8 Å². The zero-order valence-corrected chi connectivity index (χ0v) is 11.9. The maximum Gasteiger partial charge on any atom is 0.273 e. The minimum Gasteiger partial charge on any atom is -0.396 e. The van der Waals surface area contributed by atoms with Gasteiger partial charge in [0, 0.05) is 19.8 Å². The average molecular weight is 264 g/mol. The molecule has 0 unspecified atom stereocenters. The third kappa shape index (κ3) is 3.49. The first kappa shape index (κ1) is 13.9. The highest BCUT2D eigenvalue weighted by molar-refractivity contribution is 5.96. The molecule has 2 rings (SSSR count). The largest absolute Gasteiger partial charge is 0.396 e. The van der Waals surface area contributed by atoms with E-state index in [9.17, 15) is 4.79 Å². The average Bonchev–Trinajstić information content (AvgIpc) is 2.75. The number of aryl methyl sites for hydroxylation is 1. The number of hydrogen-bond donors (Lipinski definition) is 2. The third-order valence-corrected chi connectivity index (χ3v) is 4.17. The number of rotatable bonds is 4. The van der Waals surface area contributed by atoms with Gasteiger partial charge < -0.3 is 11.1 Å². The molecule has 5 heteroatoms. The molecule has 1 amide bonds. The molecule has 1 aromatic heterocycles. The Hall–Kier alpha value is -1.52. The van der Waals surface area contributed by atoms with Crippen LogP contribution >= 0.6 is 0 Å². The Balaban J connectivity index is 1.80. The van der Waals surface area contributed by atoms with E-state index in [1.807, 2.05) is 0 Å².